The Morgan fingerprint density at radius 3 is 2.16 bits per heavy atom. The number of aromatic amines is 1. The third-order valence-corrected chi connectivity index (χ3v) is 6.57. The van der Waals surface area contributed by atoms with Gasteiger partial charge in [0, 0.05) is 78.6 Å². The maximum Gasteiger partial charge on any atom is 0.138 e. The van der Waals surface area contributed by atoms with E-state index in [-0.39, 0.29) is 0 Å². The number of pyridine rings is 3. The average molecular weight is 566 g/mol. The van der Waals surface area contributed by atoms with Crippen molar-refractivity contribution in [1.82, 2.24) is 24.9 Å². The van der Waals surface area contributed by atoms with Gasteiger partial charge < -0.3 is 15.6 Å². The number of hydrogen-bond acceptors (Lipinski definition) is 6. The molecule has 0 aliphatic carbocycles. The fourth-order valence-electron chi connectivity index (χ4n) is 4.40. The Balaban J connectivity index is 0.000000363. The molecule has 0 unspecified atom stereocenters. The van der Waals surface area contributed by atoms with E-state index in [0.29, 0.717) is 5.82 Å². The van der Waals surface area contributed by atoms with Gasteiger partial charge in [0.05, 0.1) is 22.9 Å². The zero-order valence-electron chi connectivity index (χ0n) is 24.7. The van der Waals surface area contributed by atoms with Crippen LogP contribution in [0.25, 0.3) is 38.9 Å². The summed E-state index contributed by atoms with van der Waals surface area (Å²) < 4.78 is 0. The Morgan fingerprint density at radius 2 is 1.51 bits per heavy atom. The first-order valence-electron chi connectivity index (χ1n) is 13.7. The standard InChI is InChI=1S/C26H23N7.C7H8.C3H4/c1-16(21-10-17(6-7-23(21)28-3)19-9-20(27-2)13-30-12-19)26-32-24-15-31-14-22(25(24)33-26)18-5-4-8-29-11-18;1-7-5-3-2-4-6-7;1-3-2/h4-15,27-28H,1H2,2-3H3,(H,32,33);2-6H,1H3;1-2H2. The zero-order valence-corrected chi connectivity index (χ0v) is 24.7. The zero-order chi connectivity index (χ0) is 30.6. The molecule has 6 rings (SSSR count). The van der Waals surface area contributed by atoms with Crippen molar-refractivity contribution in [1.29, 1.82) is 0 Å². The van der Waals surface area contributed by atoms with Gasteiger partial charge >= 0.3 is 0 Å². The first kappa shape index (κ1) is 30.2. The van der Waals surface area contributed by atoms with Gasteiger partial charge in [0.25, 0.3) is 0 Å². The number of imidazole rings is 1. The van der Waals surface area contributed by atoms with E-state index in [1.165, 1.54) is 5.56 Å². The number of aryl methyl sites for hydroxylation is 1. The highest BCUT2D eigenvalue weighted by Crippen LogP contribution is 2.34. The van der Waals surface area contributed by atoms with Crippen molar-refractivity contribution >= 4 is 28.0 Å². The lowest BCUT2D eigenvalue weighted by atomic mass is 9.98. The van der Waals surface area contributed by atoms with Crippen LogP contribution in [0, 0.1) is 6.92 Å². The fourth-order valence-corrected chi connectivity index (χ4v) is 4.40. The van der Waals surface area contributed by atoms with Crippen molar-refractivity contribution in [2.24, 2.45) is 0 Å². The first-order valence-corrected chi connectivity index (χ1v) is 13.7. The molecule has 3 N–H and O–H groups in total. The van der Waals surface area contributed by atoms with Crippen molar-refractivity contribution < 1.29 is 0 Å². The minimum Gasteiger partial charge on any atom is -0.388 e. The lowest BCUT2D eigenvalue weighted by molar-refractivity contribution is 1.26. The van der Waals surface area contributed by atoms with E-state index in [1.54, 1.807) is 18.6 Å². The fraction of sp³-hybridized carbons (Fsp3) is 0.0833. The van der Waals surface area contributed by atoms with Gasteiger partial charge in [-0.15, -0.1) is 5.73 Å². The summed E-state index contributed by atoms with van der Waals surface area (Å²) >= 11 is 0. The van der Waals surface area contributed by atoms with Crippen LogP contribution >= 0.6 is 0 Å². The number of nitrogens with one attached hydrogen (secondary N) is 3. The number of fused-ring (bicyclic) bond motifs is 1. The summed E-state index contributed by atoms with van der Waals surface area (Å²) in [5.41, 5.74) is 12.9. The van der Waals surface area contributed by atoms with Crippen LogP contribution in [0.2, 0.25) is 0 Å². The lowest BCUT2D eigenvalue weighted by Gasteiger charge is -2.13. The smallest absolute Gasteiger partial charge is 0.138 e. The molecular formula is C36H35N7. The summed E-state index contributed by atoms with van der Waals surface area (Å²) in [5.74, 6) is 0.693. The van der Waals surface area contributed by atoms with Gasteiger partial charge in [-0.05, 0) is 36.8 Å². The van der Waals surface area contributed by atoms with Crippen LogP contribution in [0.5, 0.6) is 0 Å². The molecule has 6 aromatic rings. The van der Waals surface area contributed by atoms with Crippen LogP contribution in [0.1, 0.15) is 17.0 Å². The molecular weight excluding hydrogens is 530 g/mol. The molecule has 4 heterocycles. The number of H-pyrrole nitrogens is 1. The summed E-state index contributed by atoms with van der Waals surface area (Å²) in [6.07, 6.45) is 10.8. The molecule has 0 spiro atoms. The van der Waals surface area contributed by atoms with E-state index in [0.717, 1.165) is 55.8 Å². The number of nitrogens with zero attached hydrogens (tertiary/aromatic N) is 4. The molecule has 0 aliphatic rings. The minimum absolute atomic E-state index is 0.693. The van der Waals surface area contributed by atoms with Gasteiger partial charge in [0.2, 0.25) is 0 Å². The summed E-state index contributed by atoms with van der Waals surface area (Å²) in [6.45, 7) is 12.7. The minimum atomic E-state index is 0.693. The molecule has 7 heteroatoms. The maximum absolute atomic E-state index is 4.90. The Kier molecular flexibility index (Phi) is 10.3. The second-order valence-corrected chi connectivity index (χ2v) is 9.52. The predicted molar refractivity (Wildman–Crippen MR) is 180 cm³/mol. The highest BCUT2D eigenvalue weighted by molar-refractivity contribution is 5.94. The van der Waals surface area contributed by atoms with E-state index in [2.05, 4.69) is 93.3 Å². The molecule has 0 fully saturated rings. The SMILES string of the molecule is C=C(c1nc2c(-c3cccnc3)cncc2[nH]1)c1cc(-c2cncc(NC)c2)ccc1NC.C=C=C.Cc1ccccc1. The molecule has 2 aromatic carbocycles. The largest absolute Gasteiger partial charge is 0.388 e. The first-order chi connectivity index (χ1) is 21.0. The van der Waals surface area contributed by atoms with Crippen LogP contribution in [0.4, 0.5) is 11.4 Å². The Morgan fingerprint density at radius 1 is 0.767 bits per heavy atom. The van der Waals surface area contributed by atoms with E-state index in [9.17, 15) is 0 Å². The summed E-state index contributed by atoms with van der Waals surface area (Å²) in [4.78, 5) is 21.2. The number of rotatable bonds is 6. The monoisotopic (exact) mass is 565 g/mol. The number of aromatic nitrogens is 5. The molecule has 7 nitrogen and oxygen atoms in total. The van der Waals surface area contributed by atoms with Crippen LogP contribution in [0.15, 0.2) is 129 Å². The van der Waals surface area contributed by atoms with E-state index < -0.39 is 0 Å². The highest BCUT2D eigenvalue weighted by Gasteiger charge is 2.16. The molecule has 0 saturated heterocycles. The summed E-state index contributed by atoms with van der Waals surface area (Å²) in [6, 6.07) is 22.5. The van der Waals surface area contributed by atoms with Gasteiger partial charge in [-0.2, -0.15) is 0 Å². The van der Waals surface area contributed by atoms with Gasteiger partial charge in [0.15, 0.2) is 0 Å². The lowest BCUT2D eigenvalue weighted by Crippen LogP contribution is -1.98. The van der Waals surface area contributed by atoms with Crippen LogP contribution in [-0.4, -0.2) is 39.0 Å². The normalized spacial score (nSPS) is 9.93. The third kappa shape index (κ3) is 7.50. The van der Waals surface area contributed by atoms with E-state index >= 15 is 0 Å². The summed E-state index contributed by atoms with van der Waals surface area (Å²) in [5, 5.41) is 6.41. The van der Waals surface area contributed by atoms with Crippen molar-refractivity contribution in [3.8, 4) is 22.3 Å². The molecule has 0 amide bonds. The van der Waals surface area contributed by atoms with Crippen LogP contribution in [-0.2, 0) is 0 Å². The predicted octanol–water partition coefficient (Wildman–Crippen LogP) is 8.18. The van der Waals surface area contributed by atoms with E-state index in [4.69, 9.17) is 4.98 Å². The highest BCUT2D eigenvalue weighted by atomic mass is 14.9. The average Bonchev–Trinajstić information content (AvgIpc) is 3.50. The van der Waals surface area contributed by atoms with Gasteiger partial charge in [-0.25, -0.2) is 4.98 Å². The van der Waals surface area contributed by atoms with Crippen LogP contribution < -0.4 is 10.6 Å². The maximum atomic E-state index is 4.90. The van der Waals surface area contributed by atoms with Crippen LogP contribution in [0.3, 0.4) is 0 Å². The van der Waals surface area contributed by atoms with Gasteiger partial charge in [-0.1, -0.05) is 67.8 Å². The van der Waals surface area contributed by atoms with Crippen molar-refractivity contribution in [2.75, 3.05) is 24.7 Å². The van der Waals surface area contributed by atoms with E-state index in [1.807, 2.05) is 69.1 Å². The van der Waals surface area contributed by atoms with Gasteiger partial charge in [-0.3, -0.25) is 15.0 Å². The number of benzene rings is 2. The molecule has 0 radical (unpaired) electrons. The second kappa shape index (κ2) is 14.7. The number of anilines is 2. The summed E-state index contributed by atoms with van der Waals surface area (Å²) in [7, 11) is 3.78. The molecule has 0 bridgehead atoms. The molecule has 0 aliphatic heterocycles. The Labute approximate surface area is 252 Å². The molecule has 0 saturated carbocycles. The quantitative estimate of drug-likeness (QED) is 0.176. The Bertz CT molecular complexity index is 1830. The molecule has 0 atom stereocenters. The second-order valence-electron chi connectivity index (χ2n) is 9.52. The molecule has 4 aromatic heterocycles. The van der Waals surface area contributed by atoms with Crippen molar-refractivity contribution in [2.45, 2.75) is 6.92 Å². The third-order valence-electron chi connectivity index (χ3n) is 6.57. The van der Waals surface area contributed by atoms with Crippen molar-refractivity contribution in [3.63, 3.8) is 0 Å². The van der Waals surface area contributed by atoms with Crippen molar-refractivity contribution in [3.05, 3.63) is 146 Å². The molecule has 43 heavy (non-hydrogen) atoms. The van der Waals surface area contributed by atoms with Gasteiger partial charge in [0.1, 0.15) is 5.82 Å². The topological polar surface area (TPSA) is 91.4 Å². The Hall–Kier alpha value is -5.78. The number of hydrogen-bond donors (Lipinski definition) is 3. The molecule has 214 valence electrons.